The summed E-state index contributed by atoms with van der Waals surface area (Å²) in [6.07, 6.45) is 0. The number of benzene rings is 2. The van der Waals surface area contributed by atoms with Crippen molar-refractivity contribution in [2.45, 2.75) is 0 Å². The number of rotatable bonds is 7. The molecule has 0 saturated carbocycles. The highest BCUT2D eigenvalue weighted by Crippen LogP contribution is 2.35. The van der Waals surface area contributed by atoms with Gasteiger partial charge in [0.25, 0.3) is 0 Å². The van der Waals surface area contributed by atoms with Crippen molar-refractivity contribution in [2.24, 2.45) is 0 Å². The third-order valence-electron chi connectivity index (χ3n) is 4.04. The van der Waals surface area contributed by atoms with Crippen molar-refractivity contribution in [1.29, 1.82) is 0 Å². The molecule has 0 radical (unpaired) electrons. The Labute approximate surface area is 156 Å². The van der Waals surface area contributed by atoms with E-state index in [0.29, 0.717) is 52.0 Å². The summed E-state index contributed by atoms with van der Waals surface area (Å²) in [7, 11) is 6.38. The molecule has 0 fully saturated rings. The average Bonchev–Trinajstić information content (AvgIpc) is 2.70. The molecule has 0 atom stereocenters. The lowest BCUT2D eigenvalue weighted by Crippen LogP contribution is -2.14. The molecule has 0 aliphatic rings. The summed E-state index contributed by atoms with van der Waals surface area (Å²) < 4.78 is 27.5. The van der Waals surface area contributed by atoms with Crippen LogP contribution in [0.25, 0.3) is 22.3 Å². The molecule has 3 rings (SSSR count). The fourth-order valence-electron chi connectivity index (χ4n) is 2.76. The first-order chi connectivity index (χ1) is 13.1. The van der Waals surface area contributed by atoms with Crippen molar-refractivity contribution < 1.29 is 23.4 Å². The van der Waals surface area contributed by atoms with Crippen LogP contribution in [0.15, 0.2) is 45.6 Å². The van der Waals surface area contributed by atoms with Crippen LogP contribution in [0.1, 0.15) is 0 Å². The van der Waals surface area contributed by atoms with Crippen LogP contribution in [-0.2, 0) is 0 Å². The van der Waals surface area contributed by atoms with Crippen LogP contribution in [0.2, 0.25) is 0 Å². The molecule has 1 aromatic heterocycles. The molecular weight excluding hydrogens is 350 g/mol. The lowest BCUT2D eigenvalue weighted by atomic mass is 10.1. The molecular formula is C20H21NO6. The van der Waals surface area contributed by atoms with Crippen LogP contribution in [0.4, 0.5) is 0 Å². The van der Waals surface area contributed by atoms with E-state index in [1.54, 1.807) is 51.6 Å². The lowest BCUT2D eigenvalue weighted by Gasteiger charge is -2.12. The first kappa shape index (κ1) is 18.6. The molecule has 3 aromatic rings. The Morgan fingerprint density at radius 3 is 2.33 bits per heavy atom. The lowest BCUT2D eigenvalue weighted by molar-refractivity contribution is 0.294. The highest BCUT2D eigenvalue weighted by molar-refractivity contribution is 5.86. The summed E-state index contributed by atoms with van der Waals surface area (Å²) in [4.78, 5) is 12.7. The molecule has 0 unspecified atom stereocenters. The maximum absolute atomic E-state index is 12.7. The molecule has 0 amide bonds. The van der Waals surface area contributed by atoms with Crippen LogP contribution >= 0.6 is 0 Å². The second kappa shape index (κ2) is 8.01. The molecule has 2 aromatic carbocycles. The van der Waals surface area contributed by atoms with Gasteiger partial charge in [-0.3, -0.25) is 10.1 Å². The smallest absolute Gasteiger partial charge is 0.197 e. The summed E-state index contributed by atoms with van der Waals surface area (Å²) in [5, 5.41) is 3.25. The van der Waals surface area contributed by atoms with E-state index in [4.69, 9.17) is 23.4 Å². The van der Waals surface area contributed by atoms with Gasteiger partial charge < -0.3 is 23.4 Å². The summed E-state index contributed by atoms with van der Waals surface area (Å²) in [6, 6.07) is 10.1. The summed E-state index contributed by atoms with van der Waals surface area (Å²) in [5.41, 5.74) is 0.850. The van der Waals surface area contributed by atoms with Gasteiger partial charge in [0, 0.05) is 23.8 Å². The number of methoxy groups -OCH3 is 3. The molecule has 0 bridgehead atoms. The van der Waals surface area contributed by atoms with Crippen LogP contribution in [0.5, 0.6) is 23.0 Å². The van der Waals surface area contributed by atoms with Gasteiger partial charge in [0.1, 0.15) is 35.0 Å². The van der Waals surface area contributed by atoms with Crippen LogP contribution < -0.4 is 29.7 Å². The topological polar surface area (TPSA) is 79.2 Å². The minimum atomic E-state index is -0.210. The number of fused-ring (bicyclic) bond motifs is 1. The van der Waals surface area contributed by atoms with Gasteiger partial charge in [0.05, 0.1) is 21.3 Å². The Morgan fingerprint density at radius 1 is 0.926 bits per heavy atom. The van der Waals surface area contributed by atoms with Crippen LogP contribution in [0, 0.1) is 0 Å². The molecule has 0 spiro atoms. The Bertz CT molecular complexity index is 1010. The van der Waals surface area contributed by atoms with Crippen molar-refractivity contribution in [3.8, 4) is 34.3 Å². The van der Waals surface area contributed by atoms with Gasteiger partial charge in [-0.2, -0.15) is 0 Å². The van der Waals surface area contributed by atoms with Crippen molar-refractivity contribution >= 4 is 11.0 Å². The zero-order valence-electron chi connectivity index (χ0n) is 15.6. The SMILES string of the molecule is CNCOc1cc(OC)c2c(=O)cc(-c3ccc(OC)c(OC)c3)oc2c1. The molecule has 0 aliphatic carbocycles. The van der Waals surface area contributed by atoms with Gasteiger partial charge in [0.15, 0.2) is 16.9 Å². The minimum absolute atomic E-state index is 0.210. The van der Waals surface area contributed by atoms with Gasteiger partial charge in [-0.15, -0.1) is 0 Å². The van der Waals surface area contributed by atoms with E-state index >= 15 is 0 Å². The number of hydrogen-bond donors (Lipinski definition) is 1. The molecule has 7 heteroatoms. The van der Waals surface area contributed by atoms with E-state index in [1.165, 1.54) is 13.2 Å². The molecule has 0 saturated heterocycles. The largest absolute Gasteiger partial charge is 0.496 e. The zero-order chi connectivity index (χ0) is 19.4. The van der Waals surface area contributed by atoms with Gasteiger partial charge in [0.2, 0.25) is 0 Å². The molecule has 1 N–H and O–H groups in total. The van der Waals surface area contributed by atoms with Crippen molar-refractivity contribution in [1.82, 2.24) is 5.32 Å². The van der Waals surface area contributed by atoms with Gasteiger partial charge in [-0.1, -0.05) is 0 Å². The fraction of sp³-hybridized carbons (Fsp3) is 0.250. The van der Waals surface area contributed by atoms with Gasteiger partial charge >= 0.3 is 0 Å². The van der Waals surface area contributed by atoms with E-state index in [2.05, 4.69) is 5.32 Å². The highest BCUT2D eigenvalue weighted by Gasteiger charge is 2.15. The Morgan fingerprint density at radius 2 is 1.67 bits per heavy atom. The molecule has 27 heavy (non-hydrogen) atoms. The van der Waals surface area contributed by atoms with Crippen LogP contribution in [-0.4, -0.2) is 35.1 Å². The standard InChI is InChI=1S/C20H21NO6/c1-21-11-26-13-8-18(25-4)20-14(22)10-16(27-19(20)9-13)12-5-6-15(23-2)17(7-12)24-3/h5-10,21H,11H2,1-4H3. The van der Waals surface area contributed by atoms with Crippen molar-refractivity contribution in [2.75, 3.05) is 35.1 Å². The van der Waals surface area contributed by atoms with Crippen LogP contribution in [0.3, 0.4) is 0 Å². The summed E-state index contributed by atoms with van der Waals surface area (Å²) in [6.45, 7) is 0.314. The van der Waals surface area contributed by atoms with E-state index < -0.39 is 0 Å². The fourth-order valence-corrected chi connectivity index (χ4v) is 2.76. The second-order valence-corrected chi connectivity index (χ2v) is 5.69. The first-order valence-corrected chi connectivity index (χ1v) is 8.27. The van der Waals surface area contributed by atoms with Gasteiger partial charge in [-0.25, -0.2) is 0 Å². The third-order valence-corrected chi connectivity index (χ3v) is 4.04. The molecule has 1 heterocycles. The predicted molar refractivity (Wildman–Crippen MR) is 102 cm³/mol. The molecule has 0 aliphatic heterocycles. The van der Waals surface area contributed by atoms with Gasteiger partial charge in [-0.05, 0) is 25.2 Å². The van der Waals surface area contributed by atoms with E-state index in [9.17, 15) is 4.79 Å². The maximum atomic E-state index is 12.7. The third kappa shape index (κ3) is 3.68. The van der Waals surface area contributed by atoms with Crippen molar-refractivity contribution in [3.63, 3.8) is 0 Å². The number of nitrogens with one attached hydrogen (secondary N) is 1. The minimum Gasteiger partial charge on any atom is -0.496 e. The Kier molecular flexibility index (Phi) is 5.52. The summed E-state index contributed by atoms with van der Waals surface area (Å²) in [5.74, 6) is 2.46. The maximum Gasteiger partial charge on any atom is 0.197 e. The summed E-state index contributed by atoms with van der Waals surface area (Å²) >= 11 is 0. The first-order valence-electron chi connectivity index (χ1n) is 8.27. The highest BCUT2D eigenvalue weighted by atomic mass is 16.5. The normalized spacial score (nSPS) is 10.7. The monoisotopic (exact) mass is 371 g/mol. The molecule has 7 nitrogen and oxygen atoms in total. The Hall–Kier alpha value is -3.19. The average molecular weight is 371 g/mol. The van der Waals surface area contributed by atoms with E-state index in [-0.39, 0.29) is 5.43 Å². The quantitative estimate of drug-likeness (QED) is 0.640. The van der Waals surface area contributed by atoms with E-state index in [0.717, 1.165) is 0 Å². The zero-order valence-corrected chi connectivity index (χ0v) is 15.6. The Balaban J connectivity index is 2.16. The van der Waals surface area contributed by atoms with Crippen molar-refractivity contribution in [3.05, 3.63) is 46.6 Å². The number of ether oxygens (including phenoxy) is 4. The molecule has 142 valence electrons. The second-order valence-electron chi connectivity index (χ2n) is 5.69. The number of hydrogen-bond acceptors (Lipinski definition) is 7. The predicted octanol–water partition coefficient (Wildman–Crippen LogP) is 3.04. The van der Waals surface area contributed by atoms with E-state index in [1.807, 2.05) is 0 Å².